The number of hydrogen-bond donors (Lipinski definition) is 1. The topological polar surface area (TPSA) is 83.9 Å². The first kappa shape index (κ1) is 10.9. The van der Waals surface area contributed by atoms with Crippen molar-refractivity contribution in [2.45, 2.75) is 12.8 Å². The van der Waals surface area contributed by atoms with Crippen molar-refractivity contribution in [1.82, 2.24) is 24.6 Å². The van der Waals surface area contributed by atoms with Gasteiger partial charge in [-0.15, -0.1) is 0 Å². The van der Waals surface area contributed by atoms with Crippen LogP contribution in [0.3, 0.4) is 0 Å². The Hall–Kier alpha value is -2.18. The highest BCUT2D eigenvalue weighted by Gasteiger charge is 2.24. The molecule has 0 bridgehead atoms. The lowest BCUT2D eigenvalue weighted by Crippen LogP contribution is -2.28. The number of carbonyl (C=O) groups is 1. The molecule has 0 saturated carbocycles. The second-order valence-electron chi connectivity index (χ2n) is 4.46. The van der Waals surface area contributed by atoms with Crippen molar-refractivity contribution in [2.24, 2.45) is 7.05 Å². The predicted molar refractivity (Wildman–Crippen MR) is 64.3 cm³/mol. The zero-order valence-electron chi connectivity index (χ0n) is 10.0. The van der Waals surface area contributed by atoms with Gasteiger partial charge in [-0.3, -0.25) is 14.7 Å². The maximum Gasteiger partial charge on any atom is 0.281 e. The van der Waals surface area contributed by atoms with Gasteiger partial charge in [0.2, 0.25) is 0 Å². The van der Waals surface area contributed by atoms with Crippen LogP contribution in [0.25, 0.3) is 11.0 Å². The molecule has 1 N–H and O–H groups in total. The smallest absolute Gasteiger partial charge is 0.281 e. The van der Waals surface area contributed by atoms with Crippen LogP contribution in [0.15, 0.2) is 11.1 Å². The molecule has 18 heavy (non-hydrogen) atoms. The van der Waals surface area contributed by atoms with Gasteiger partial charge in [-0.05, 0) is 12.8 Å². The predicted octanol–water partition coefficient (Wildman–Crippen LogP) is -0.107. The Morgan fingerprint density at radius 2 is 2.06 bits per heavy atom. The molecule has 0 radical (unpaired) electrons. The van der Waals surface area contributed by atoms with Gasteiger partial charge in [0.1, 0.15) is 11.2 Å². The highest BCUT2D eigenvalue weighted by atomic mass is 16.2. The van der Waals surface area contributed by atoms with Crippen molar-refractivity contribution in [2.75, 3.05) is 13.1 Å². The number of H-pyrrole nitrogens is 1. The highest BCUT2D eigenvalue weighted by molar-refractivity contribution is 6.02. The van der Waals surface area contributed by atoms with Crippen molar-refractivity contribution < 1.29 is 4.79 Å². The lowest BCUT2D eigenvalue weighted by atomic mass is 10.3. The summed E-state index contributed by atoms with van der Waals surface area (Å²) in [6.07, 6.45) is 3.45. The SMILES string of the molecule is Cn1cnc2c(C(=O)N3CCCC3)[nH]nc2c1=O. The Kier molecular flexibility index (Phi) is 2.39. The van der Waals surface area contributed by atoms with Crippen molar-refractivity contribution in [3.63, 3.8) is 0 Å². The molecule has 1 saturated heterocycles. The van der Waals surface area contributed by atoms with Crippen LogP contribution in [0.1, 0.15) is 23.3 Å². The van der Waals surface area contributed by atoms with Crippen LogP contribution in [0.4, 0.5) is 0 Å². The van der Waals surface area contributed by atoms with Gasteiger partial charge in [0, 0.05) is 20.1 Å². The minimum Gasteiger partial charge on any atom is -0.337 e. The fourth-order valence-electron chi connectivity index (χ4n) is 2.20. The van der Waals surface area contributed by atoms with Gasteiger partial charge in [0.05, 0.1) is 6.33 Å². The Labute approximate surface area is 102 Å². The third kappa shape index (κ3) is 1.51. The summed E-state index contributed by atoms with van der Waals surface area (Å²) >= 11 is 0. The van der Waals surface area contributed by atoms with Crippen molar-refractivity contribution in [3.05, 3.63) is 22.4 Å². The number of nitrogens with one attached hydrogen (secondary N) is 1. The molecule has 0 spiro atoms. The standard InChI is InChI=1S/C11H13N5O2/c1-15-6-12-7-8(10(15)17)13-14-9(7)11(18)16-4-2-3-5-16/h6H,2-5H2,1H3,(H,13,14). The summed E-state index contributed by atoms with van der Waals surface area (Å²) in [7, 11) is 1.60. The Balaban J connectivity index is 2.10. The Morgan fingerprint density at radius 3 is 2.78 bits per heavy atom. The molecule has 2 aromatic rings. The molecule has 1 amide bonds. The summed E-state index contributed by atoms with van der Waals surface area (Å²) < 4.78 is 1.34. The fraction of sp³-hybridized carbons (Fsp3) is 0.455. The normalized spacial score (nSPS) is 15.5. The molecule has 3 rings (SSSR count). The third-order valence-electron chi connectivity index (χ3n) is 3.23. The summed E-state index contributed by atoms with van der Waals surface area (Å²) in [5, 5.41) is 6.54. The highest BCUT2D eigenvalue weighted by Crippen LogP contribution is 2.15. The maximum atomic E-state index is 12.2. The molecular formula is C11H13N5O2. The molecule has 7 nitrogen and oxygen atoms in total. The molecule has 0 aromatic carbocycles. The van der Waals surface area contributed by atoms with Crippen LogP contribution in [0.2, 0.25) is 0 Å². The van der Waals surface area contributed by atoms with E-state index in [0.717, 1.165) is 25.9 Å². The number of rotatable bonds is 1. The van der Waals surface area contributed by atoms with E-state index in [-0.39, 0.29) is 17.0 Å². The molecule has 2 aromatic heterocycles. The van der Waals surface area contributed by atoms with E-state index < -0.39 is 0 Å². The molecule has 0 atom stereocenters. The average molecular weight is 247 g/mol. The van der Waals surface area contributed by atoms with E-state index in [1.807, 2.05) is 0 Å². The van der Waals surface area contributed by atoms with E-state index in [2.05, 4.69) is 15.2 Å². The largest absolute Gasteiger partial charge is 0.337 e. The molecule has 0 unspecified atom stereocenters. The number of aromatic amines is 1. The van der Waals surface area contributed by atoms with Gasteiger partial charge in [0.25, 0.3) is 11.5 Å². The Morgan fingerprint density at radius 1 is 1.33 bits per heavy atom. The van der Waals surface area contributed by atoms with Crippen LogP contribution >= 0.6 is 0 Å². The van der Waals surface area contributed by atoms with Gasteiger partial charge in [-0.25, -0.2) is 4.98 Å². The van der Waals surface area contributed by atoms with Crippen LogP contribution in [-0.2, 0) is 7.05 Å². The lowest BCUT2D eigenvalue weighted by molar-refractivity contribution is 0.0788. The van der Waals surface area contributed by atoms with Crippen LogP contribution < -0.4 is 5.56 Å². The molecule has 1 aliphatic rings. The summed E-state index contributed by atoms with van der Waals surface area (Å²) in [5.41, 5.74) is 0.624. The number of carbonyl (C=O) groups excluding carboxylic acids is 1. The first-order chi connectivity index (χ1) is 8.68. The number of likely N-dealkylation sites (tertiary alicyclic amines) is 1. The number of fused-ring (bicyclic) bond motifs is 1. The van der Waals surface area contributed by atoms with Gasteiger partial charge >= 0.3 is 0 Å². The molecule has 94 valence electrons. The summed E-state index contributed by atoms with van der Waals surface area (Å²) in [4.78, 5) is 29.9. The summed E-state index contributed by atoms with van der Waals surface area (Å²) in [5.74, 6) is -0.129. The first-order valence-corrected chi connectivity index (χ1v) is 5.87. The van der Waals surface area contributed by atoms with Crippen molar-refractivity contribution >= 4 is 16.9 Å². The minimum absolute atomic E-state index is 0.129. The zero-order valence-corrected chi connectivity index (χ0v) is 10.0. The van der Waals surface area contributed by atoms with E-state index in [1.54, 1.807) is 11.9 Å². The molecule has 7 heteroatoms. The van der Waals surface area contributed by atoms with Crippen LogP contribution in [0, 0.1) is 0 Å². The van der Waals surface area contributed by atoms with E-state index >= 15 is 0 Å². The van der Waals surface area contributed by atoms with Crippen LogP contribution in [0.5, 0.6) is 0 Å². The van der Waals surface area contributed by atoms with E-state index in [4.69, 9.17) is 0 Å². The van der Waals surface area contributed by atoms with Crippen molar-refractivity contribution in [1.29, 1.82) is 0 Å². The molecular weight excluding hydrogens is 234 g/mol. The molecule has 1 fully saturated rings. The number of hydrogen-bond acceptors (Lipinski definition) is 4. The number of aryl methyl sites for hydroxylation is 1. The minimum atomic E-state index is -0.253. The van der Waals surface area contributed by atoms with Gasteiger partial charge in [0.15, 0.2) is 5.52 Å². The van der Waals surface area contributed by atoms with E-state index in [0.29, 0.717) is 11.2 Å². The van der Waals surface area contributed by atoms with Crippen LogP contribution in [-0.4, -0.2) is 43.6 Å². The van der Waals surface area contributed by atoms with Gasteiger partial charge < -0.3 is 9.47 Å². The quantitative estimate of drug-likeness (QED) is 0.762. The second kappa shape index (κ2) is 3.94. The fourth-order valence-corrected chi connectivity index (χ4v) is 2.20. The third-order valence-corrected chi connectivity index (χ3v) is 3.23. The van der Waals surface area contributed by atoms with Gasteiger partial charge in [-0.1, -0.05) is 0 Å². The molecule has 1 aliphatic heterocycles. The Bertz CT molecular complexity index is 666. The van der Waals surface area contributed by atoms with E-state index in [1.165, 1.54) is 10.9 Å². The van der Waals surface area contributed by atoms with Crippen molar-refractivity contribution in [3.8, 4) is 0 Å². The first-order valence-electron chi connectivity index (χ1n) is 5.87. The molecule has 3 heterocycles. The lowest BCUT2D eigenvalue weighted by Gasteiger charge is -2.13. The second-order valence-corrected chi connectivity index (χ2v) is 4.46. The number of amides is 1. The number of aromatic nitrogens is 4. The monoisotopic (exact) mass is 247 g/mol. The molecule has 0 aliphatic carbocycles. The zero-order chi connectivity index (χ0) is 12.7. The maximum absolute atomic E-state index is 12.2. The van der Waals surface area contributed by atoms with Gasteiger partial charge in [-0.2, -0.15) is 5.10 Å². The number of nitrogens with zero attached hydrogens (tertiary/aromatic N) is 4. The van der Waals surface area contributed by atoms with E-state index in [9.17, 15) is 9.59 Å². The summed E-state index contributed by atoms with van der Waals surface area (Å²) in [6, 6.07) is 0. The summed E-state index contributed by atoms with van der Waals surface area (Å²) in [6.45, 7) is 1.51. The average Bonchev–Trinajstić information content (AvgIpc) is 3.01.